The van der Waals surface area contributed by atoms with Gasteiger partial charge in [0.05, 0.1) is 40.1 Å². The normalized spacial score (nSPS) is 15.1. The molecule has 9 nitrogen and oxygen atoms in total. The Kier molecular flexibility index (Phi) is 7.03. The average Bonchev–Trinajstić information content (AvgIpc) is 3.50. The average molecular weight is 568 g/mol. The smallest absolute Gasteiger partial charge is 0.294 e. The Morgan fingerprint density at radius 2 is 1.55 bits per heavy atom. The van der Waals surface area contributed by atoms with Crippen LogP contribution in [0.4, 0.5) is 10.1 Å². The second-order valence-electron chi connectivity index (χ2n) is 8.74. The minimum atomic E-state index is -1.18. The first kappa shape index (κ1) is 26.9. The van der Waals surface area contributed by atoms with E-state index in [1.165, 1.54) is 69.7 Å². The summed E-state index contributed by atoms with van der Waals surface area (Å²) in [4.78, 5) is 28.7. The van der Waals surface area contributed by atoms with Gasteiger partial charge >= 0.3 is 0 Å². The first-order valence-corrected chi connectivity index (χ1v) is 12.2. The molecule has 1 amide bonds. The van der Waals surface area contributed by atoms with E-state index in [2.05, 4.69) is 0 Å². The first-order valence-electron chi connectivity index (χ1n) is 11.9. The van der Waals surface area contributed by atoms with Crippen LogP contribution in [0.2, 0.25) is 5.02 Å². The van der Waals surface area contributed by atoms with Crippen molar-refractivity contribution in [3.8, 4) is 23.0 Å². The predicted octanol–water partition coefficient (Wildman–Crippen LogP) is 6.04. The summed E-state index contributed by atoms with van der Waals surface area (Å²) in [5, 5.41) is 11.9. The molecule has 2 heterocycles. The Morgan fingerprint density at radius 1 is 0.925 bits per heavy atom. The molecule has 3 aromatic carbocycles. The van der Waals surface area contributed by atoms with Crippen LogP contribution < -0.4 is 23.8 Å². The summed E-state index contributed by atoms with van der Waals surface area (Å²) < 4.78 is 41.3. The minimum absolute atomic E-state index is 0.164. The van der Waals surface area contributed by atoms with E-state index in [4.69, 9.17) is 35.0 Å². The van der Waals surface area contributed by atoms with E-state index in [0.717, 1.165) is 0 Å². The van der Waals surface area contributed by atoms with Crippen molar-refractivity contribution in [2.45, 2.75) is 6.04 Å². The van der Waals surface area contributed by atoms with E-state index in [-0.39, 0.29) is 39.9 Å². The van der Waals surface area contributed by atoms with Crippen LogP contribution >= 0.6 is 11.6 Å². The third-order valence-corrected chi connectivity index (χ3v) is 6.77. The summed E-state index contributed by atoms with van der Waals surface area (Å²) in [5.74, 6) is -2.02. The zero-order valence-corrected chi connectivity index (χ0v) is 22.5. The van der Waals surface area contributed by atoms with Crippen molar-refractivity contribution in [2.24, 2.45) is 0 Å². The quantitative estimate of drug-likeness (QED) is 0.257. The second-order valence-corrected chi connectivity index (χ2v) is 9.18. The molecule has 0 radical (unpaired) electrons. The lowest BCUT2D eigenvalue weighted by Gasteiger charge is -2.27. The van der Waals surface area contributed by atoms with Gasteiger partial charge in [0, 0.05) is 22.2 Å². The van der Waals surface area contributed by atoms with Gasteiger partial charge in [0.1, 0.15) is 5.82 Å². The summed E-state index contributed by atoms with van der Waals surface area (Å²) in [6.07, 6.45) is 0. The number of furan rings is 1. The molecule has 0 aliphatic carbocycles. The van der Waals surface area contributed by atoms with Crippen molar-refractivity contribution in [3.05, 3.63) is 88.1 Å². The highest BCUT2D eigenvalue weighted by atomic mass is 35.5. The van der Waals surface area contributed by atoms with Crippen molar-refractivity contribution in [1.82, 2.24) is 0 Å². The molecule has 1 aliphatic rings. The number of ether oxygens (including phenoxy) is 4. The zero-order chi connectivity index (χ0) is 28.7. The van der Waals surface area contributed by atoms with E-state index < -0.39 is 29.3 Å². The molecule has 40 heavy (non-hydrogen) atoms. The van der Waals surface area contributed by atoms with Crippen LogP contribution in [0.15, 0.2) is 70.3 Å². The van der Waals surface area contributed by atoms with E-state index >= 15 is 0 Å². The number of carbonyl (C=O) groups excluding carboxylic acids is 2. The molecule has 1 aliphatic heterocycles. The van der Waals surface area contributed by atoms with Crippen LogP contribution in [0.3, 0.4) is 0 Å². The molecule has 0 bridgehead atoms. The summed E-state index contributed by atoms with van der Waals surface area (Å²) in [6, 6.07) is 11.6. The maximum absolute atomic E-state index is 14.0. The third-order valence-electron chi connectivity index (χ3n) is 6.55. The van der Waals surface area contributed by atoms with Gasteiger partial charge in [-0.1, -0.05) is 11.6 Å². The number of fused-ring (bicyclic) bond motifs is 1. The van der Waals surface area contributed by atoms with Gasteiger partial charge in [0.25, 0.3) is 5.91 Å². The Bertz CT molecular complexity index is 1650. The monoisotopic (exact) mass is 567 g/mol. The number of methoxy groups -OCH3 is 4. The van der Waals surface area contributed by atoms with Gasteiger partial charge in [-0.2, -0.15) is 0 Å². The molecule has 1 unspecified atom stereocenters. The Balaban J connectivity index is 1.72. The molecular weight excluding hydrogens is 545 g/mol. The van der Waals surface area contributed by atoms with E-state index in [1.54, 1.807) is 18.2 Å². The molecule has 0 fully saturated rings. The fourth-order valence-electron chi connectivity index (χ4n) is 4.76. The molecular formula is C29H23ClFNO8. The molecule has 11 heteroatoms. The molecule has 5 rings (SSSR count). The van der Waals surface area contributed by atoms with Gasteiger partial charge in [0.2, 0.25) is 11.5 Å². The predicted molar refractivity (Wildman–Crippen MR) is 144 cm³/mol. The number of halogens is 2. The number of rotatable bonds is 8. The number of hydrogen-bond acceptors (Lipinski definition) is 8. The molecule has 0 saturated carbocycles. The largest absolute Gasteiger partial charge is 0.503 e. The van der Waals surface area contributed by atoms with Crippen LogP contribution in [-0.2, 0) is 4.79 Å². The second kappa shape index (κ2) is 10.5. The molecule has 0 saturated heterocycles. The highest BCUT2D eigenvalue weighted by Gasteiger charge is 2.46. The lowest BCUT2D eigenvalue weighted by atomic mass is 9.94. The van der Waals surface area contributed by atoms with Gasteiger partial charge in [-0.25, -0.2) is 4.39 Å². The van der Waals surface area contributed by atoms with Gasteiger partial charge in [-0.05, 0) is 54.1 Å². The number of aliphatic hydroxyl groups excluding tert-OH is 1. The van der Waals surface area contributed by atoms with Crippen LogP contribution in [-0.4, -0.2) is 45.2 Å². The Hall–Kier alpha value is -4.70. The Morgan fingerprint density at radius 3 is 2.12 bits per heavy atom. The fraction of sp³-hybridized carbons (Fsp3) is 0.172. The van der Waals surface area contributed by atoms with Crippen molar-refractivity contribution in [1.29, 1.82) is 0 Å². The van der Waals surface area contributed by atoms with Gasteiger partial charge in [-0.15, -0.1) is 0 Å². The van der Waals surface area contributed by atoms with Crippen molar-refractivity contribution in [3.63, 3.8) is 0 Å². The van der Waals surface area contributed by atoms with Crippen LogP contribution in [0.25, 0.3) is 11.0 Å². The van der Waals surface area contributed by atoms with E-state index in [0.29, 0.717) is 21.7 Å². The summed E-state index contributed by atoms with van der Waals surface area (Å²) in [6.45, 7) is 0. The number of nitrogens with zero attached hydrogens (tertiary/aromatic N) is 1. The summed E-state index contributed by atoms with van der Waals surface area (Å²) in [5.41, 5.74) is 0.570. The number of carbonyl (C=O) groups is 2. The number of anilines is 1. The molecule has 1 atom stereocenters. The van der Waals surface area contributed by atoms with Crippen molar-refractivity contribution >= 4 is 39.9 Å². The van der Waals surface area contributed by atoms with Crippen LogP contribution in [0.5, 0.6) is 23.0 Å². The number of amides is 1. The number of hydrogen-bond donors (Lipinski definition) is 1. The van der Waals surface area contributed by atoms with Crippen molar-refractivity contribution < 1.29 is 42.5 Å². The van der Waals surface area contributed by atoms with E-state index in [1.807, 2.05) is 0 Å². The molecule has 1 N–H and O–H groups in total. The van der Waals surface area contributed by atoms with Crippen LogP contribution in [0, 0.1) is 5.82 Å². The third kappa shape index (κ3) is 4.36. The maximum Gasteiger partial charge on any atom is 0.294 e. The van der Waals surface area contributed by atoms with E-state index in [9.17, 15) is 19.1 Å². The van der Waals surface area contributed by atoms with Gasteiger partial charge < -0.3 is 28.5 Å². The Labute approximate surface area is 232 Å². The highest BCUT2D eigenvalue weighted by molar-refractivity contribution is 6.31. The molecule has 4 aromatic rings. The first-order chi connectivity index (χ1) is 19.2. The maximum atomic E-state index is 14.0. The molecule has 206 valence electrons. The van der Waals surface area contributed by atoms with Crippen LogP contribution in [0.1, 0.15) is 22.2 Å². The topological polar surface area (TPSA) is 108 Å². The molecule has 0 spiro atoms. The fourth-order valence-corrected chi connectivity index (χ4v) is 4.98. The number of benzene rings is 3. The summed E-state index contributed by atoms with van der Waals surface area (Å²) in [7, 11) is 5.71. The minimum Gasteiger partial charge on any atom is -0.503 e. The molecule has 1 aromatic heterocycles. The standard InChI is InChI=1S/C29H23ClFNO8/c1-36-20-10-14(11-21(37-2)28(20)39-4)24-23(26(34)29(35)32(24)18-7-5-17(31)6-8-18)25(33)19-12-15-9-16(30)13-22(38-3)27(15)40-19/h5-13,24,34H,1-4H3. The van der Waals surface area contributed by atoms with Gasteiger partial charge in [0.15, 0.2) is 34.4 Å². The lowest BCUT2D eigenvalue weighted by Crippen LogP contribution is -2.31. The van der Waals surface area contributed by atoms with Crippen molar-refractivity contribution in [2.75, 3.05) is 33.3 Å². The SMILES string of the molecule is COc1cc(C2C(C(=O)c3cc4cc(Cl)cc(OC)c4o3)=C(O)C(=O)N2c2ccc(F)cc2)cc(OC)c1OC. The number of aliphatic hydroxyl groups is 1. The highest BCUT2D eigenvalue weighted by Crippen LogP contribution is 2.47. The number of ketones is 1. The number of Topliss-reactive ketones (excluding diaryl/α,β-unsaturated/α-hetero) is 1. The summed E-state index contributed by atoms with van der Waals surface area (Å²) >= 11 is 6.18. The zero-order valence-electron chi connectivity index (χ0n) is 21.8. The van der Waals surface area contributed by atoms with Gasteiger partial charge in [-0.3, -0.25) is 14.5 Å². The lowest BCUT2D eigenvalue weighted by molar-refractivity contribution is -0.117.